The van der Waals surface area contributed by atoms with Crippen LogP contribution in [-0.4, -0.2) is 82.0 Å². The minimum atomic E-state index is -1.35. The van der Waals surface area contributed by atoms with Crippen molar-refractivity contribution in [2.24, 2.45) is 0 Å². The van der Waals surface area contributed by atoms with Gasteiger partial charge in [0.2, 0.25) is 17.7 Å². The van der Waals surface area contributed by atoms with E-state index >= 15 is 0 Å². The summed E-state index contributed by atoms with van der Waals surface area (Å²) in [6.07, 6.45) is 1.88. The lowest BCUT2D eigenvalue weighted by atomic mass is 10.1. The van der Waals surface area contributed by atoms with Gasteiger partial charge in [0.05, 0.1) is 6.04 Å². The molecule has 29 heavy (non-hydrogen) atoms. The van der Waals surface area contributed by atoms with Crippen LogP contribution in [0.4, 0.5) is 0 Å². The maximum atomic E-state index is 12.8. The monoisotopic (exact) mass is 412 g/mol. The predicted molar refractivity (Wildman–Crippen MR) is 99.8 cm³/mol. The highest BCUT2D eigenvalue weighted by Gasteiger charge is 2.38. The normalized spacial score (nSPS) is 23.3. The van der Waals surface area contributed by atoms with E-state index in [1.165, 1.54) is 4.90 Å². The zero-order chi connectivity index (χ0) is 21.6. The number of hydrogen-bond acceptors (Lipinski definition) is 6. The average molecular weight is 412 g/mol. The van der Waals surface area contributed by atoms with Gasteiger partial charge in [-0.25, -0.2) is 4.79 Å². The lowest BCUT2D eigenvalue weighted by Crippen LogP contribution is -2.55. The third-order valence-electron chi connectivity index (χ3n) is 5.21. The summed E-state index contributed by atoms with van der Waals surface area (Å²) in [7, 11) is 0. The summed E-state index contributed by atoms with van der Waals surface area (Å²) in [4.78, 5) is 60.8. The largest absolute Gasteiger partial charge is 0.481 e. The number of amides is 3. The molecule has 5 N–H and O–H groups in total. The van der Waals surface area contributed by atoms with Crippen LogP contribution in [0.3, 0.4) is 0 Å². The summed E-state index contributed by atoms with van der Waals surface area (Å²) < 4.78 is 0. The van der Waals surface area contributed by atoms with E-state index in [1.807, 2.05) is 0 Å². The predicted octanol–water partition coefficient (Wildman–Crippen LogP) is -1.33. The molecule has 0 aromatic carbocycles. The third-order valence-corrected chi connectivity index (χ3v) is 5.21. The Kier molecular flexibility index (Phi) is 7.94. The fraction of sp³-hybridized carbons (Fsp3) is 0.722. The molecule has 2 fully saturated rings. The van der Waals surface area contributed by atoms with Crippen molar-refractivity contribution in [2.75, 3.05) is 13.1 Å². The Morgan fingerprint density at radius 1 is 1.07 bits per heavy atom. The number of nitrogens with one attached hydrogen (secondary N) is 3. The van der Waals surface area contributed by atoms with Gasteiger partial charge in [0.15, 0.2) is 0 Å². The molecule has 0 radical (unpaired) electrons. The fourth-order valence-electron chi connectivity index (χ4n) is 3.63. The number of carbonyl (C=O) groups excluding carboxylic acids is 3. The fourth-order valence-corrected chi connectivity index (χ4v) is 3.63. The molecule has 4 unspecified atom stereocenters. The second-order valence-electron chi connectivity index (χ2n) is 7.40. The van der Waals surface area contributed by atoms with Gasteiger partial charge < -0.3 is 31.1 Å². The van der Waals surface area contributed by atoms with Gasteiger partial charge in [-0.1, -0.05) is 0 Å². The van der Waals surface area contributed by atoms with E-state index < -0.39 is 48.3 Å². The van der Waals surface area contributed by atoms with Gasteiger partial charge in [0, 0.05) is 13.0 Å². The van der Waals surface area contributed by atoms with Crippen LogP contribution in [0.2, 0.25) is 0 Å². The first kappa shape index (κ1) is 22.6. The summed E-state index contributed by atoms with van der Waals surface area (Å²) >= 11 is 0. The van der Waals surface area contributed by atoms with Crippen molar-refractivity contribution in [1.82, 2.24) is 20.9 Å². The van der Waals surface area contributed by atoms with Gasteiger partial charge in [0.1, 0.15) is 18.1 Å². The molecule has 2 heterocycles. The van der Waals surface area contributed by atoms with E-state index in [2.05, 4.69) is 16.0 Å². The Balaban J connectivity index is 1.95. The van der Waals surface area contributed by atoms with E-state index in [0.29, 0.717) is 25.8 Å². The van der Waals surface area contributed by atoms with Gasteiger partial charge >= 0.3 is 11.9 Å². The highest BCUT2D eigenvalue weighted by Crippen LogP contribution is 2.19. The van der Waals surface area contributed by atoms with E-state index in [0.717, 1.165) is 13.0 Å². The summed E-state index contributed by atoms with van der Waals surface area (Å²) in [6.45, 7) is 2.63. The van der Waals surface area contributed by atoms with Gasteiger partial charge in [0.25, 0.3) is 0 Å². The van der Waals surface area contributed by atoms with Gasteiger partial charge in [-0.3, -0.25) is 19.2 Å². The molecule has 11 nitrogen and oxygen atoms in total. The van der Waals surface area contributed by atoms with Crippen LogP contribution in [0.15, 0.2) is 0 Å². The van der Waals surface area contributed by atoms with Crippen LogP contribution in [0.1, 0.15) is 45.4 Å². The molecule has 3 amide bonds. The van der Waals surface area contributed by atoms with Crippen molar-refractivity contribution >= 4 is 29.7 Å². The molecule has 0 aromatic rings. The molecule has 4 atom stereocenters. The number of likely N-dealkylation sites (tertiary alicyclic amines) is 1. The first-order chi connectivity index (χ1) is 13.7. The van der Waals surface area contributed by atoms with Crippen molar-refractivity contribution in [3.05, 3.63) is 0 Å². The van der Waals surface area contributed by atoms with E-state index in [4.69, 9.17) is 5.11 Å². The molecule has 0 spiro atoms. The number of hydrogen-bond donors (Lipinski definition) is 5. The number of nitrogens with zero attached hydrogens (tertiary/aromatic N) is 1. The van der Waals surface area contributed by atoms with Crippen molar-refractivity contribution in [3.63, 3.8) is 0 Å². The summed E-state index contributed by atoms with van der Waals surface area (Å²) in [5, 5.41) is 26.0. The molecular weight excluding hydrogens is 384 g/mol. The Bertz CT molecular complexity index is 663. The number of carboxylic acid groups (broad SMARTS) is 2. The second kappa shape index (κ2) is 10.2. The SMILES string of the molecule is CC(NC(=O)C1CCCN1)C(=O)N1CCCC1C(=O)NC(CCC(=O)O)C(=O)O. The molecule has 2 aliphatic rings. The summed E-state index contributed by atoms with van der Waals surface area (Å²) in [5.41, 5.74) is 0. The molecule has 2 aliphatic heterocycles. The lowest BCUT2D eigenvalue weighted by Gasteiger charge is -2.28. The summed E-state index contributed by atoms with van der Waals surface area (Å²) in [6, 6.07) is -3.34. The molecule has 2 rings (SSSR count). The number of carbonyl (C=O) groups is 5. The molecule has 0 aliphatic carbocycles. The maximum Gasteiger partial charge on any atom is 0.326 e. The van der Waals surface area contributed by atoms with E-state index in [-0.39, 0.29) is 18.4 Å². The molecular formula is C18H28N4O7. The van der Waals surface area contributed by atoms with Gasteiger partial charge in [-0.15, -0.1) is 0 Å². The van der Waals surface area contributed by atoms with Crippen LogP contribution >= 0.6 is 0 Å². The third kappa shape index (κ3) is 6.14. The molecule has 2 saturated heterocycles. The highest BCUT2D eigenvalue weighted by atomic mass is 16.4. The van der Waals surface area contributed by atoms with Crippen LogP contribution in [0, 0.1) is 0 Å². The van der Waals surface area contributed by atoms with Crippen LogP contribution in [-0.2, 0) is 24.0 Å². The summed E-state index contributed by atoms with van der Waals surface area (Å²) in [5.74, 6) is -3.80. The second-order valence-corrected chi connectivity index (χ2v) is 7.40. The minimum Gasteiger partial charge on any atom is -0.481 e. The van der Waals surface area contributed by atoms with E-state index in [1.54, 1.807) is 6.92 Å². The molecule has 0 saturated carbocycles. The zero-order valence-corrected chi connectivity index (χ0v) is 16.3. The van der Waals surface area contributed by atoms with Crippen LogP contribution < -0.4 is 16.0 Å². The van der Waals surface area contributed by atoms with Crippen molar-refractivity contribution < 1.29 is 34.2 Å². The molecule has 162 valence electrons. The Morgan fingerprint density at radius 2 is 1.79 bits per heavy atom. The maximum absolute atomic E-state index is 12.8. The molecule has 0 bridgehead atoms. The minimum absolute atomic E-state index is 0.252. The number of carboxylic acids is 2. The number of rotatable bonds is 9. The van der Waals surface area contributed by atoms with Crippen molar-refractivity contribution in [2.45, 2.75) is 69.6 Å². The standard InChI is InChI=1S/C18H28N4O7/c1-10(20-15(25)11-4-2-8-19-11)17(27)22-9-3-5-13(22)16(26)21-12(18(28)29)6-7-14(23)24/h10-13,19H,2-9H2,1H3,(H,20,25)(H,21,26)(H,23,24)(H,28,29). The van der Waals surface area contributed by atoms with Crippen molar-refractivity contribution in [3.8, 4) is 0 Å². The van der Waals surface area contributed by atoms with E-state index in [9.17, 15) is 29.1 Å². The highest BCUT2D eigenvalue weighted by molar-refractivity contribution is 5.94. The quantitative estimate of drug-likeness (QED) is 0.311. The van der Waals surface area contributed by atoms with Gasteiger partial charge in [-0.2, -0.15) is 0 Å². The Morgan fingerprint density at radius 3 is 2.38 bits per heavy atom. The van der Waals surface area contributed by atoms with Gasteiger partial charge in [-0.05, 0) is 45.6 Å². The van der Waals surface area contributed by atoms with Crippen LogP contribution in [0.5, 0.6) is 0 Å². The Labute approximate surface area is 168 Å². The first-order valence-electron chi connectivity index (χ1n) is 9.80. The number of aliphatic carboxylic acids is 2. The lowest BCUT2D eigenvalue weighted by molar-refractivity contribution is -0.145. The average Bonchev–Trinajstić information content (AvgIpc) is 3.35. The molecule has 0 aromatic heterocycles. The molecule has 11 heteroatoms. The first-order valence-corrected chi connectivity index (χ1v) is 9.80. The topological polar surface area (TPSA) is 165 Å². The smallest absolute Gasteiger partial charge is 0.326 e. The zero-order valence-electron chi connectivity index (χ0n) is 16.3. The Hall–Kier alpha value is -2.69. The van der Waals surface area contributed by atoms with Crippen LogP contribution in [0.25, 0.3) is 0 Å². The van der Waals surface area contributed by atoms with Crippen molar-refractivity contribution in [1.29, 1.82) is 0 Å².